The number of ether oxygens (including phenoxy) is 4. The third kappa shape index (κ3) is 10.8. The van der Waals surface area contributed by atoms with Crippen molar-refractivity contribution >= 4 is 33.4 Å². The summed E-state index contributed by atoms with van der Waals surface area (Å²) in [5.74, 6) is 0.534. The summed E-state index contributed by atoms with van der Waals surface area (Å²) in [5.41, 5.74) is 1.86. The first-order chi connectivity index (χ1) is 22.8. The van der Waals surface area contributed by atoms with Gasteiger partial charge in [-0.15, -0.1) is 0 Å². The molecule has 3 atom stereocenters. The number of carbonyl (C=O) groups excluding carboxylic acids is 1. The molecular formula is C34H48ClN5O7S. The minimum absolute atomic E-state index is 0.0195. The number of piperidine rings is 1. The molecule has 2 N–H and O–H groups in total. The average molecular weight is 706 g/mol. The van der Waals surface area contributed by atoms with E-state index in [-0.39, 0.29) is 36.8 Å². The average Bonchev–Trinajstić information content (AvgIpc) is 3.38. The molecule has 14 heteroatoms. The van der Waals surface area contributed by atoms with Gasteiger partial charge in [-0.05, 0) is 108 Å². The molecule has 0 saturated carbocycles. The fourth-order valence-electron chi connectivity index (χ4n) is 5.95. The zero-order valence-corrected chi connectivity index (χ0v) is 30.0. The van der Waals surface area contributed by atoms with E-state index in [4.69, 9.17) is 37.1 Å². The van der Waals surface area contributed by atoms with Gasteiger partial charge in [-0.25, -0.2) is 22.8 Å². The summed E-state index contributed by atoms with van der Waals surface area (Å²) < 4.78 is 51.0. The van der Waals surface area contributed by atoms with E-state index in [1.807, 2.05) is 6.07 Å². The van der Waals surface area contributed by atoms with E-state index < -0.39 is 21.7 Å². The van der Waals surface area contributed by atoms with Crippen LogP contribution in [0.3, 0.4) is 0 Å². The Morgan fingerprint density at radius 3 is 2.42 bits per heavy atom. The monoisotopic (exact) mass is 705 g/mol. The van der Waals surface area contributed by atoms with E-state index in [1.165, 1.54) is 12.1 Å². The molecule has 2 aromatic carbocycles. The number of hydrogen-bond acceptors (Lipinski definition) is 9. The van der Waals surface area contributed by atoms with Gasteiger partial charge in [0.2, 0.25) is 10.0 Å². The molecule has 0 aromatic heterocycles. The Balaban J connectivity index is 1.27. The highest BCUT2D eigenvalue weighted by Gasteiger charge is 2.41. The summed E-state index contributed by atoms with van der Waals surface area (Å²) in [5, 5.41) is 3.10. The lowest BCUT2D eigenvalue weighted by atomic mass is 10.0. The molecule has 264 valence electrons. The van der Waals surface area contributed by atoms with Crippen LogP contribution >= 0.6 is 11.6 Å². The van der Waals surface area contributed by atoms with Crippen molar-refractivity contribution in [2.45, 2.75) is 68.7 Å². The van der Waals surface area contributed by atoms with Crippen LogP contribution in [0.1, 0.15) is 50.8 Å². The van der Waals surface area contributed by atoms with Gasteiger partial charge in [0.1, 0.15) is 17.5 Å². The number of carbonyl (C=O) groups is 1. The van der Waals surface area contributed by atoms with E-state index in [0.717, 1.165) is 37.1 Å². The number of fused-ring (bicyclic) bond motifs is 1. The van der Waals surface area contributed by atoms with Crippen LogP contribution in [0.25, 0.3) is 4.85 Å². The first kappa shape index (κ1) is 37.9. The number of likely N-dealkylation sites (N-methyl/N-ethyl adjacent to an activating group) is 1. The van der Waals surface area contributed by atoms with Crippen molar-refractivity contribution in [2.24, 2.45) is 0 Å². The van der Waals surface area contributed by atoms with Crippen LogP contribution in [-0.2, 0) is 30.7 Å². The number of hydrogen-bond donors (Lipinski definition) is 2. The number of nitrogens with zero attached hydrogens (tertiary/aromatic N) is 3. The highest BCUT2D eigenvalue weighted by atomic mass is 35.5. The van der Waals surface area contributed by atoms with Crippen molar-refractivity contribution < 1.29 is 32.2 Å². The minimum Gasteiger partial charge on any atom is -0.484 e. The lowest BCUT2D eigenvalue weighted by Crippen LogP contribution is -2.51. The van der Waals surface area contributed by atoms with Gasteiger partial charge in [-0.3, -0.25) is 4.90 Å². The van der Waals surface area contributed by atoms with E-state index in [2.05, 4.69) is 38.8 Å². The summed E-state index contributed by atoms with van der Waals surface area (Å²) in [6.45, 7) is 16.4. The van der Waals surface area contributed by atoms with Gasteiger partial charge in [0.25, 0.3) is 0 Å². The summed E-state index contributed by atoms with van der Waals surface area (Å²) >= 11 is 6.44. The molecule has 1 amide bonds. The van der Waals surface area contributed by atoms with Crippen molar-refractivity contribution in [1.29, 1.82) is 0 Å². The topological polar surface area (TPSA) is 123 Å². The molecule has 2 aromatic rings. The number of alkyl carbamates (subject to hydrolysis) is 1. The van der Waals surface area contributed by atoms with Crippen LogP contribution in [0.2, 0.25) is 5.02 Å². The second-order valence-electron chi connectivity index (χ2n) is 13.2. The normalized spacial score (nSPS) is 19.9. The van der Waals surface area contributed by atoms with Gasteiger partial charge in [-0.2, -0.15) is 0 Å². The van der Waals surface area contributed by atoms with Gasteiger partial charge in [0, 0.05) is 30.7 Å². The molecule has 0 spiro atoms. The van der Waals surface area contributed by atoms with Crippen LogP contribution in [0.15, 0.2) is 41.3 Å². The molecule has 1 fully saturated rings. The third-order valence-corrected chi connectivity index (χ3v) is 9.96. The maximum atomic E-state index is 12.9. The Labute approximate surface area is 289 Å². The first-order valence-corrected chi connectivity index (χ1v) is 18.1. The number of likely N-dealkylation sites (tertiary alicyclic amines) is 1. The molecule has 0 unspecified atom stereocenters. The third-order valence-electron chi connectivity index (χ3n) is 8.26. The highest BCUT2D eigenvalue weighted by Crippen LogP contribution is 2.44. The second-order valence-corrected chi connectivity index (χ2v) is 15.4. The Bertz CT molecular complexity index is 1530. The number of benzene rings is 2. The van der Waals surface area contributed by atoms with Crippen molar-refractivity contribution in [1.82, 2.24) is 19.8 Å². The molecule has 1 heterocycles. The molecule has 48 heavy (non-hydrogen) atoms. The number of sulfonamides is 1. The molecule has 1 saturated heterocycles. The van der Waals surface area contributed by atoms with E-state index in [9.17, 15) is 13.2 Å². The zero-order chi connectivity index (χ0) is 34.9. The number of halogens is 1. The number of rotatable bonds is 15. The van der Waals surface area contributed by atoms with Crippen LogP contribution in [0.5, 0.6) is 5.75 Å². The number of amides is 1. The van der Waals surface area contributed by atoms with Crippen molar-refractivity contribution in [2.75, 3.05) is 66.7 Å². The minimum atomic E-state index is -3.77. The van der Waals surface area contributed by atoms with Gasteiger partial charge in [-0.1, -0.05) is 11.6 Å². The number of nitrogens with one attached hydrogen (secondary N) is 2. The largest absolute Gasteiger partial charge is 0.484 e. The first-order valence-electron chi connectivity index (χ1n) is 16.3. The van der Waals surface area contributed by atoms with Crippen LogP contribution in [-0.4, -0.2) is 109 Å². The van der Waals surface area contributed by atoms with Crippen LogP contribution in [0.4, 0.5) is 10.5 Å². The van der Waals surface area contributed by atoms with E-state index in [0.29, 0.717) is 48.7 Å². The van der Waals surface area contributed by atoms with E-state index in [1.54, 1.807) is 39.0 Å². The Morgan fingerprint density at radius 1 is 1.08 bits per heavy atom. The molecule has 0 radical (unpaired) electrons. The molecule has 4 rings (SSSR count). The summed E-state index contributed by atoms with van der Waals surface area (Å²) in [6.07, 6.45) is 2.03. The molecule has 0 bridgehead atoms. The van der Waals surface area contributed by atoms with Crippen molar-refractivity contribution in [3.8, 4) is 5.75 Å². The predicted octanol–water partition coefficient (Wildman–Crippen LogP) is 4.80. The standard InChI is InChI=1S/C34H48ClN5O7S/c1-34(2,3)47-33(41)37-13-16-44-18-19-45-17-14-38-48(42,43)27-11-9-26(10-12-27)46-32-29-20-24(35)21-30(36-4)28(29)22-31(32)40-15-7-8-25(23-40)39(5)6/h9-12,20-21,25,31-32,38H,7-8,13-19,22-23H2,1-3,5-6H3,(H,37,41)/t25-,31+,32+/m1/s1. The maximum absolute atomic E-state index is 12.9. The molecular weight excluding hydrogens is 658 g/mol. The summed E-state index contributed by atoms with van der Waals surface area (Å²) in [6, 6.07) is 10.4. The van der Waals surface area contributed by atoms with Crippen LogP contribution in [0, 0.1) is 6.57 Å². The maximum Gasteiger partial charge on any atom is 0.407 e. The van der Waals surface area contributed by atoms with E-state index >= 15 is 0 Å². The highest BCUT2D eigenvalue weighted by molar-refractivity contribution is 7.89. The lowest BCUT2D eigenvalue weighted by molar-refractivity contribution is 0.0380. The SMILES string of the molecule is [C-]#[N+]c1cc(Cl)cc2c1C[C@H](N1CCC[C@@H](N(C)C)C1)[C@H]2Oc1ccc(S(=O)(=O)NCCOCCOCCNC(=O)OC(C)(C)C)cc1. The zero-order valence-electron chi connectivity index (χ0n) is 28.5. The molecule has 1 aliphatic carbocycles. The fraction of sp³-hybridized carbons (Fsp3) is 0.588. The Morgan fingerprint density at radius 2 is 1.77 bits per heavy atom. The van der Waals surface area contributed by atoms with Crippen molar-refractivity contribution in [3.63, 3.8) is 0 Å². The van der Waals surface area contributed by atoms with Gasteiger partial charge < -0.3 is 29.2 Å². The van der Waals surface area contributed by atoms with Crippen LogP contribution < -0.4 is 14.8 Å². The lowest BCUT2D eigenvalue weighted by Gasteiger charge is -2.41. The molecule has 2 aliphatic rings. The van der Waals surface area contributed by atoms with Gasteiger partial charge >= 0.3 is 6.09 Å². The van der Waals surface area contributed by atoms with Crippen molar-refractivity contribution in [3.05, 3.63) is 64.0 Å². The Hall–Kier alpha value is -2.96. The second kappa shape index (κ2) is 17.1. The Kier molecular flexibility index (Phi) is 13.5. The summed E-state index contributed by atoms with van der Waals surface area (Å²) in [7, 11) is 0.442. The quantitative estimate of drug-likeness (QED) is 0.199. The van der Waals surface area contributed by atoms with Gasteiger partial charge in [0.05, 0.1) is 43.9 Å². The predicted molar refractivity (Wildman–Crippen MR) is 184 cm³/mol. The fourth-order valence-corrected chi connectivity index (χ4v) is 7.18. The summed E-state index contributed by atoms with van der Waals surface area (Å²) in [4.78, 5) is 20.2. The molecule has 1 aliphatic heterocycles. The smallest absolute Gasteiger partial charge is 0.407 e. The molecule has 12 nitrogen and oxygen atoms in total. The van der Waals surface area contributed by atoms with Gasteiger partial charge in [0.15, 0.2) is 5.69 Å².